The molecule has 0 radical (unpaired) electrons. The summed E-state index contributed by atoms with van der Waals surface area (Å²) in [5.41, 5.74) is 5.54. The SMILES string of the molecule is CC(C)c1cccc(NC2CCc3cc(Br)ccc32)c1. The van der Waals surface area contributed by atoms with E-state index in [4.69, 9.17) is 0 Å². The Bertz CT molecular complexity index is 619. The second-order valence-corrected chi connectivity index (χ2v) is 6.77. The van der Waals surface area contributed by atoms with Crippen LogP contribution in [-0.4, -0.2) is 0 Å². The third-order valence-corrected chi connectivity index (χ3v) is 4.57. The average molecular weight is 330 g/mol. The van der Waals surface area contributed by atoms with E-state index in [0.717, 1.165) is 6.42 Å². The molecule has 0 fully saturated rings. The van der Waals surface area contributed by atoms with Gasteiger partial charge in [0.05, 0.1) is 6.04 Å². The first-order valence-electron chi connectivity index (χ1n) is 7.28. The first kappa shape index (κ1) is 13.7. The molecule has 2 aromatic carbocycles. The van der Waals surface area contributed by atoms with E-state index in [-0.39, 0.29) is 0 Å². The van der Waals surface area contributed by atoms with Gasteiger partial charge in [-0.3, -0.25) is 0 Å². The minimum Gasteiger partial charge on any atom is -0.378 e. The second-order valence-electron chi connectivity index (χ2n) is 5.86. The number of anilines is 1. The maximum atomic E-state index is 3.70. The molecule has 0 spiro atoms. The Morgan fingerprint density at radius 2 is 2.00 bits per heavy atom. The maximum absolute atomic E-state index is 3.70. The van der Waals surface area contributed by atoms with Crippen LogP contribution in [0.1, 0.15) is 48.9 Å². The molecule has 0 bridgehead atoms. The van der Waals surface area contributed by atoms with Crippen LogP contribution in [0.5, 0.6) is 0 Å². The summed E-state index contributed by atoms with van der Waals surface area (Å²) in [6.45, 7) is 4.48. The molecule has 0 heterocycles. The second kappa shape index (κ2) is 5.61. The summed E-state index contributed by atoms with van der Waals surface area (Å²) in [6.07, 6.45) is 2.34. The summed E-state index contributed by atoms with van der Waals surface area (Å²) in [6, 6.07) is 15.9. The van der Waals surface area contributed by atoms with Gasteiger partial charge in [-0.25, -0.2) is 0 Å². The minimum absolute atomic E-state index is 0.445. The van der Waals surface area contributed by atoms with E-state index < -0.39 is 0 Å². The van der Waals surface area contributed by atoms with Gasteiger partial charge in [0.25, 0.3) is 0 Å². The van der Waals surface area contributed by atoms with Crippen LogP contribution in [0, 0.1) is 0 Å². The Labute approximate surface area is 129 Å². The highest BCUT2D eigenvalue weighted by Crippen LogP contribution is 2.35. The first-order valence-corrected chi connectivity index (χ1v) is 8.07. The van der Waals surface area contributed by atoms with Crippen LogP contribution in [0.4, 0.5) is 5.69 Å². The molecule has 0 aromatic heterocycles. The Morgan fingerprint density at radius 1 is 1.15 bits per heavy atom. The van der Waals surface area contributed by atoms with E-state index in [1.807, 2.05) is 0 Å². The van der Waals surface area contributed by atoms with E-state index in [1.54, 1.807) is 0 Å². The van der Waals surface area contributed by atoms with Crippen molar-refractivity contribution >= 4 is 21.6 Å². The summed E-state index contributed by atoms with van der Waals surface area (Å²) in [5.74, 6) is 0.573. The number of rotatable bonds is 3. The van der Waals surface area contributed by atoms with Crippen molar-refractivity contribution in [2.24, 2.45) is 0 Å². The highest BCUT2D eigenvalue weighted by Gasteiger charge is 2.22. The van der Waals surface area contributed by atoms with Gasteiger partial charge in [0, 0.05) is 10.2 Å². The van der Waals surface area contributed by atoms with Crippen LogP contribution in [0.2, 0.25) is 0 Å². The van der Waals surface area contributed by atoms with E-state index in [9.17, 15) is 0 Å². The van der Waals surface area contributed by atoms with Crippen LogP contribution in [0.15, 0.2) is 46.9 Å². The highest BCUT2D eigenvalue weighted by atomic mass is 79.9. The molecule has 0 amide bonds. The van der Waals surface area contributed by atoms with Crippen molar-refractivity contribution < 1.29 is 0 Å². The molecular formula is C18H20BrN. The molecule has 2 heteroatoms. The van der Waals surface area contributed by atoms with Crippen molar-refractivity contribution in [2.45, 2.75) is 38.6 Å². The third kappa shape index (κ3) is 2.76. The lowest BCUT2D eigenvalue weighted by Gasteiger charge is -2.17. The summed E-state index contributed by atoms with van der Waals surface area (Å²) in [4.78, 5) is 0. The number of aryl methyl sites for hydroxylation is 1. The molecule has 1 aliphatic carbocycles. The monoisotopic (exact) mass is 329 g/mol. The summed E-state index contributed by atoms with van der Waals surface area (Å²) in [7, 11) is 0. The van der Waals surface area contributed by atoms with E-state index in [2.05, 4.69) is 77.6 Å². The number of halogens is 1. The molecule has 1 N–H and O–H groups in total. The van der Waals surface area contributed by atoms with Crippen LogP contribution < -0.4 is 5.32 Å². The van der Waals surface area contributed by atoms with Gasteiger partial charge in [0.2, 0.25) is 0 Å². The summed E-state index contributed by atoms with van der Waals surface area (Å²) >= 11 is 3.56. The zero-order valence-corrected chi connectivity index (χ0v) is 13.6. The van der Waals surface area contributed by atoms with Crippen LogP contribution in [-0.2, 0) is 6.42 Å². The molecule has 3 rings (SSSR count). The average Bonchev–Trinajstić information content (AvgIpc) is 2.81. The van der Waals surface area contributed by atoms with Crippen LogP contribution in [0.3, 0.4) is 0 Å². The number of fused-ring (bicyclic) bond motifs is 1. The summed E-state index contributed by atoms with van der Waals surface area (Å²) in [5, 5.41) is 3.70. The standard InChI is InChI=1S/C18H20BrN/c1-12(2)13-4-3-5-16(11-13)20-18-9-6-14-10-15(19)7-8-17(14)18/h3-5,7-8,10-12,18,20H,6,9H2,1-2H3. The molecule has 1 nitrogen and oxygen atoms in total. The van der Waals surface area contributed by atoms with Gasteiger partial charge in [0.15, 0.2) is 0 Å². The normalized spacial score (nSPS) is 17.3. The van der Waals surface area contributed by atoms with Crippen molar-refractivity contribution in [1.29, 1.82) is 0 Å². The topological polar surface area (TPSA) is 12.0 Å². The highest BCUT2D eigenvalue weighted by molar-refractivity contribution is 9.10. The molecule has 2 aromatic rings. The smallest absolute Gasteiger partial charge is 0.0519 e. The van der Waals surface area contributed by atoms with Gasteiger partial charge in [-0.15, -0.1) is 0 Å². The summed E-state index contributed by atoms with van der Waals surface area (Å²) < 4.78 is 1.18. The fraction of sp³-hybridized carbons (Fsp3) is 0.333. The van der Waals surface area contributed by atoms with Crippen LogP contribution in [0.25, 0.3) is 0 Å². The first-order chi connectivity index (χ1) is 9.63. The Morgan fingerprint density at radius 3 is 2.80 bits per heavy atom. The van der Waals surface area contributed by atoms with Gasteiger partial charge in [-0.1, -0.05) is 48.0 Å². The molecular weight excluding hydrogens is 310 g/mol. The van der Waals surface area contributed by atoms with Gasteiger partial charge in [0.1, 0.15) is 0 Å². The quantitative estimate of drug-likeness (QED) is 0.764. The largest absolute Gasteiger partial charge is 0.378 e. The van der Waals surface area contributed by atoms with E-state index >= 15 is 0 Å². The Kier molecular flexibility index (Phi) is 3.84. The molecule has 104 valence electrons. The lowest BCUT2D eigenvalue weighted by Crippen LogP contribution is -2.07. The molecule has 0 saturated carbocycles. The van der Waals surface area contributed by atoms with Crippen molar-refractivity contribution in [1.82, 2.24) is 0 Å². The number of hydrogen-bond donors (Lipinski definition) is 1. The number of hydrogen-bond acceptors (Lipinski definition) is 1. The lowest BCUT2D eigenvalue weighted by molar-refractivity contribution is 0.761. The predicted molar refractivity (Wildman–Crippen MR) is 89.4 cm³/mol. The minimum atomic E-state index is 0.445. The molecule has 20 heavy (non-hydrogen) atoms. The molecule has 1 atom stereocenters. The number of nitrogens with one attached hydrogen (secondary N) is 1. The van der Waals surface area contributed by atoms with Crippen molar-refractivity contribution in [3.8, 4) is 0 Å². The predicted octanol–water partition coefficient (Wildman–Crippen LogP) is 5.67. The van der Waals surface area contributed by atoms with E-state index in [1.165, 1.54) is 33.3 Å². The fourth-order valence-electron chi connectivity index (χ4n) is 2.92. The zero-order chi connectivity index (χ0) is 14.1. The van der Waals surface area contributed by atoms with Crippen molar-refractivity contribution in [3.63, 3.8) is 0 Å². The Balaban J connectivity index is 1.82. The third-order valence-electron chi connectivity index (χ3n) is 4.08. The number of benzene rings is 2. The molecule has 0 saturated heterocycles. The van der Waals surface area contributed by atoms with Gasteiger partial charge in [-0.05, 0) is 59.7 Å². The van der Waals surface area contributed by atoms with Gasteiger partial charge in [-0.2, -0.15) is 0 Å². The van der Waals surface area contributed by atoms with Crippen LogP contribution >= 0.6 is 15.9 Å². The van der Waals surface area contributed by atoms with Gasteiger partial charge < -0.3 is 5.32 Å². The Hall–Kier alpha value is -1.28. The van der Waals surface area contributed by atoms with E-state index in [0.29, 0.717) is 12.0 Å². The lowest BCUT2D eigenvalue weighted by atomic mass is 10.0. The molecule has 1 aliphatic rings. The van der Waals surface area contributed by atoms with Crippen molar-refractivity contribution in [2.75, 3.05) is 5.32 Å². The fourth-order valence-corrected chi connectivity index (χ4v) is 3.33. The molecule has 0 aliphatic heterocycles. The molecule has 1 unspecified atom stereocenters. The zero-order valence-electron chi connectivity index (χ0n) is 12.0. The maximum Gasteiger partial charge on any atom is 0.0519 e. The van der Waals surface area contributed by atoms with Gasteiger partial charge >= 0.3 is 0 Å². The van der Waals surface area contributed by atoms with Crippen molar-refractivity contribution in [3.05, 3.63) is 63.6 Å².